The first kappa shape index (κ1) is 21.2. The summed E-state index contributed by atoms with van der Waals surface area (Å²) < 4.78 is 24.1. The molecule has 0 spiro atoms. The van der Waals surface area contributed by atoms with Crippen molar-refractivity contribution < 1.29 is 18.0 Å². The molecule has 1 heterocycles. The van der Waals surface area contributed by atoms with E-state index in [2.05, 4.69) is 19.9 Å². The number of likely N-dealkylation sites (N-methyl/N-ethyl adjacent to an activating group) is 1. The van der Waals surface area contributed by atoms with Crippen molar-refractivity contribution in [1.82, 2.24) is 4.90 Å². The molecule has 6 heteroatoms. The molecule has 0 saturated carbocycles. The Labute approximate surface area is 172 Å². The summed E-state index contributed by atoms with van der Waals surface area (Å²) in [5.41, 5.74) is 2.58. The fourth-order valence-corrected chi connectivity index (χ4v) is 4.96. The van der Waals surface area contributed by atoms with Crippen LogP contribution in [-0.4, -0.2) is 44.9 Å². The molecule has 1 aliphatic rings. The van der Waals surface area contributed by atoms with Gasteiger partial charge in [-0.3, -0.25) is 9.59 Å². The van der Waals surface area contributed by atoms with Gasteiger partial charge in [-0.1, -0.05) is 56.3 Å². The van der Waals surface area contributed by atoms with E-state index in [4.69, 9.17) is 0 Å². The van der Waals surface area contributed by atoms with Gasteiger partial charge in [-0.2, -0.15) is 0 Å². The van der Waals surface area contributed by atoms with E-state index < -0.39 is 15.8 Å². The lowest BCUT2D eigenvalue weighted by Gasteiger charge is -2.18. The first-order chi connectivity index (χ1) is 13.6. The van der Waals surface area contributed by atoms with E-state index in [1.165, 1.54) is 6.07 Å². The third kappa shape index (κ3) is 4.42. The van der Waals surface area contributed by atoms with E-state index >= 15 is 0 Å². The predicted octanol–water partition coefficient (Wildman–Crippen LogP) is 3.20. The van der Waals surface area contributed by atoms with E-state index in [9.17, 15) is 18.0 Å². The standard InChI is InChI=1S/C23H27NO4S/c1-15(2)16-9-7-10-17(12-16)19-14-24(3)23(26)22(19)20(25)13-18-8-5-6-11-21(18)29(4,27)28/h5-12,15,19,22H,13-14H2,1-4H3/t19-,22+/m1/s1. The fraction of sp³-hybridized carbons (Fsp3) is 0.391. The van der Waals surface area contributed by atoms with E-state index in [0.717, 1.165) is 17.4 Å². The van der Waals surface area contributed by atoms with Gasteiger partial charge in [0.05, 0.1) is 4.90 Å². The molecule has 2 atom stereocenters. The van der Waals surface area contributed by atoms with E-state index in [1.807, 2.05) is 18.2 Å². The lowest BCUT2D eigenvalue weighted by Crippen LogP contribution is -2.29. The highest BCUT2D eigenvalue weighted by Crippen LogP contribution is 2.35. The Hall–Kier alpha value is -2.47. The highest BCUT2D eigenvalue weighted by Gasteiger charge is 2.44. The number of carbonyl (C=O) groups excluding carboxylic acids is 2. The molecule has 0 aliphatic carbocycles. The summed E-state index contributed by atoms with van der Waals surface area (Å²) in [6.45, 7) is 4.69. The topological polar surface area (TPSA) is 71.5 Å². The molecule has 5 nitrogen and oxygen atoms in total. The Morgan fingerprint density at radius 1 is 1.14 bits per heavy atom. The third-order valence-corrected chi connectivity index (χ3v) is 6.80. The number of amides is 1. The number of Topliss-reactive ketones (excluding diaryl/α,β-unsaturated/α-hetero) is 1. The summed E-state index contributed by atoms with van der Waals surface area (Å²) in [4.78, 5) is 27.8. The minimum Gasteiger partial charge on any atom is -0.344 e. The molecule has 1 aliphatic heterocycles. The summed E-state index contributed by atoms with van der Waals surface area (Å²) in [7, 11) is -1.75. The van der Waals surface area contributed by atoms with Gasteiger partial charge in [-0.05, 0) is 28.7 Å². The van der Waals surface area contributed by atoms with Gasteiger partial charge in [0.1, 0.15) is 11.7 Å². The fourth-order valence-electron chi connectivity index (χ4n) is 4.02. The van der Waals surface area contributed by atoms with Gasteiger partial charge in [-0.15, -0.1) is 0 Å². The molecule has 0 aromatic heterocycles. The second-order valence-electron chi connectivity index (χ2n) is 8.15. The van der Waals surface area contributed by atoms with Gasteiger partial charge >= 0.3 is 0 Å². The number of hydrogen-bond acceptors (Lipinski definition) is 4. The summed E-state index contributed by atoms with van der Waals surface area (Å²) >= 11 is 0. The van der Waals surface area contributed by atoms with Gasteiger partial charge in [0.2, 0.25) is 5.91 Å². The maximum Gasteiger partial charge on any atom is 0.233 e. The van der Waals surface area contributed by atoms with Gasteiger partial charge in [0.25, 0.3) is 0 Å². The normalized spacial score (nSPS) is 19.8. The Balaban J connectivity index is 1.94. The van der Waals surface area contributed by atoms with Crippen LogP contribution in [0.1, 0.15) is 42.4 Å². The van der Waals surface area contributed by atoms with Crippen molar-refractivity contribution >= 4 is 21.5 Å². The second kappa shape index (κ2) is 8.11. The summed E-state index contributed by atoms with van der Waals surface area (Å²) in [6, 6.07) is 14.6. The lowest BCUT2D eigenvalue weighted by molar-refractivity contribution is -0.136. The van der Waals surface area contributed by atoms with Crippen LogP contribution in [0.5, 0.6) is 0 Å². The number of ketones is 1. The quantitative estimate of drug-likeness (QED) is 0.682. The van der Waals surface area contributed by atoms with Crippen molar-refractivity contribution in [3.05, 3.63) is 65.2 Å². The van der Waals surface area contributed by atoms with Gasteiger partial charge in [0, 0.05) is 32.2 Å². The molecule has 0 bridgehead atoms. The number of rotatable bonds is 6. The average Bonchev–Trinajstić information content (AvgIpc) is 2.96. The van der Waals surface area contributed by atoms with E-state index in [1.54, 1.807) is 30.1 Å². The predicted molar refractivity (Wildman–Crippen MR) is 113 cm³/mol. The van der Waals surface area contributed by atoms with Crippen LogP contribution in [0.4, 0.5) is 0 Å². The van der Waals surface area contributed by atoms with Crippen LogP contribution in [0.15, 0.2) is 53.4 Å². The molecule has 0 radical (unpaired) electrons. The first-order valence-electron chi connectivity index (χ1n) is 9.75. The Kier molecular flexibility index (Phi) is 5.94. The van der Waals surface area contributed by atoms with Crippen molar-refractivity contribution in [1.29, 1.82) is 0 Å². The molecule has 1 saturated heterocycles. The number of nitrogens with zero attached hydrogens (tertiary/aromatic N) is 1. The van der Waals surface area contributed by atoms with Crippen LogP contribution < -0.4 is 0 Å². The van der Waals surface area contributed by atoms with Crippen molar-refractivity contribution in [2.45, 2.75) is 37.0 Å². The molecule has 0 unspecified atom stereocenters. The van der Waals surface area contributed by atoms with Crippen LogP contribution in [-0.2, 0) is 25.8 Å². The van der Waals surface area contributed by atoms with Gasteiger partial charge < -0.3 is 4.90 Å². The smallest absolute Gasteiger partial charge is 0.233 e. The van der Waals surface area contributed by atoms with Crippen molar-refractivity contribution in [3.8, 4) is 0 Å². The highest BCUT2D eigenvalue weighted by molar-refractivity contribution is 7.90. The highest BCUT2D eigenvalue weighted by atomic mass is 32.2. The van der Waals surface area contributed by atoms with Crippen LogP contribution in [0.2, 0.25) is 0 Å². The van der Waals surface area contributed by atoms with Crippen LogP contribution in [0.3, 0.4) is 0 Å². The molecule has 3 rings (SSSR count). The Morgan fingerprint density at radius 2 is 1.83 bits per heavy atom. The molecule has 0 N–H and O–H groups in total. The molecule has 29 heavy (non-hydrogen) atoms. The molecular formula is C23H27NO4S. The zero-order valence-corrected chi connectivity index (χ0v) is 18.1. The third-order valence-electron chi connectivity index (χ3n) is 5.60. The summed E-state index contributed by atoms with van der Waals surface area (Å²) in [5.74, 6) is -1.12. The number of sulfone groups is 1. The zero-order chi connectivity index (χ0) is 21.3. The monoisotopic (exact) mass is 413 g/mol. The zero-order valence-electron chi connectivity index (χ0n) is 17.3. The second-order valence-corrected chi connectivity index (χ2v) is 10.1. The first-order valence-corrected chi connectivity index (χ1v) is 11.6. The molecule has 1 fully saturated rings. The molecule has 154 valence electrons. The van der Waals surface area contributed by atoms with Crippen LogP contribution in [0.25, 0.3) is 0 Å². The minimum atomic E-state index is -3.46. The van der Waals surface area contributed by atoms with E-state index in [-0.39, 0.29) is 28.9 Å². The average molecular weight is 414 g/mol. The Bertz CT molecular complexity index is 1040. The van der Waals surface area contributed by atoms with Crippen molar-refractivity contribution in [3.63, 3.8) is 0 Å². The molecule has 2 aromatic rings. The molecule has 1 amide bonds. The lowest BCUT2D eigenvalue weighted by atomic mass is 9.82. The maximum atomic E-state index is 13.2. The minimum absolute atomic E-state index is 0.0755. The van der Waals surface area contributed by atoms with Gasteiger partial charge in [-0.25, -0.2) is 8.42 Å². The largest absolute Gasteiger partial charge is 0.344 e. The molecule has 2 aromatic carbocycles. The summed E-state index contributed by atoms with van der Waals surface area (Å²) in [6.07, 6.45) is 1.05. The van der Waals surface area contributed by atoms with Crippen molar-refractivity contribution in [2.75, 3.05) is 19.8 Å². The Morgan fingerprint density at radius 3 is 2.48 bits per heavy atom. The number of benzene rings is 2. The van der Waals surface area contributed by atoms with Crippen LogP contribution >= 0.6 is 0 Å². The van der Waals surface area contributed by atoms with E-state index in [0.29, 0.717) is 18.0 Å². The van der Waals surface area contributed by atoms with Crippen molar-refractivity contribution in [2.24, 2.45) is 5.92 Å². The van der Waals surface area contributed by atoms with Crippen LogP contribution in [0, 0.1) is 5.92 Å². The number of hydrogen-bond donors (Lipinski definition) is 0. The van der Waals surface area contributed by atoms with Gasteiger partial charge in [0.15, 0.2) is 9.84 Å². The molecular weight excluding hydrogens is 386 g/mol. The number of carbonyl (C=O) groups is 2. The number of likely N-dealkylation sites (tertiary alicyclic amines) is 1. The SMILES string of the molecule is CC(C)c1cccc([C@H]2CN(C)C(=O)[C@@H]2C(=O)Cc2ccccc2S(C)(=O)=O)c1. The maximum absolute atomic E-state index is 13.2. The summed E-state index contributed by atoms with van der Waals surface area (Å²) in [5, 5.41) is 0.